The highest BCUT2D eigenvalue weighted by atomic mass is 35.5. The smallest absolute Gasteiger partial charge is 0.269 e. The molecular weight excluding hydrogens is 466 g/mol. The van der Waals surface area contributed by atoms with Gasteiger partial charge in [-0.1, -0.05) is 11.6 Å². The van der Waals surface area contributed by atoms with Crippen molar-refractivity contribution < 1.29 is 13.6 Å². The molecule has 1 aliphatic rings. The van der Waals surface area contributed by atoms with Crippen LogP contribution < -0.4 is 16.4 Å². The number of aromatic amines is 2. The van der Waals surface area contributed by atoms with Crippen molar-refractivity contribution in [3.05, 3.63) is 52.9 Å². The quantitative estimate of drug-likeness (QED) is 0.289. The summed E-state index contributed by atoms with van der Waals surface area (Å²) in [4.78, 5) is 23.7. The van der Waals surface area contributed by atoms with Gasteiger partial charge in [0.1, 0.15) is 17.3 Å². The number of benzene rings is 1. The van der Waals surface area contributed by atoms with Gasteiger partial charge in [0.2, 0.25) is 0 Å². The van der Waals surface area contributed by atoms with Crippen molar-refractivity contribution in [2.45, 2.75) is 37.8 Å². The molecule has 4 aromatic rings. The number of nitrogens with two attached hydrogens (primary N) is 1. The first-order valence-electron chi connectivity index (χ1n) is 10.7. The Morgan fingerprint density at radius 3 is 2.79 bits per heavy atom. The lowest BCUT2D eigenvalue weighted by molar-refractivity contribution is 0.0921. The van der Waals surface area contributed by atoms with Crippen molar-refractivity contribution in [1.82, 2.24) is 30.5 Å². The minimum atomic E-state index is -0.605. The molecule has 0 radical (unpaired) electrons. The van der Waals surface area contributed by atoms with Gasteiger partial charge in [0.05, 0.1) is 11.7 Å². The van der Waals surface area contributed by atoms with Gasteiger partial charge in [-0.05, 0) is 37.8 Å². The van der Waals surface area contributed by atoms with E-state index >= 15 is 0 Å². The van der Waals surface area contributed by atoms with Crippen molar-refractivity contribution in [3.8, 4) is 11.4 Å². The second kappa shape index (κ2) is 8.90. The molecule has 1 aliphatic carbocycles. The number of aromatic nitrogens is 5. The van der Waals surface area contributed by atoms with Gasteiger partial charge in [-0.25, -0.2) is 18.7 Å². The highest BCUT2D eigenvalue weighted by Crippen LogP contribution is 2.31. The first-order chi connectivity index (χ1) is 16.4. The molecule has 2 atom stereocenters. The van der Waals surface area contributed by atoms with Crippen molar-refractivity contribution >= 4 is 40.0 Å². The number of halogens is 3. The van der Waals surface area contributed by atoms with Crippen LogP contribution in [0.1, 0.15) is 36.2 Å². The number of hydrogen-bond acceptors (Lipinski definition) is 6. The van der Waals surface area contributed by atoms with E-state index in [4.69, 9.17) is 17.3 Å². The summed E-state index contributed by atoms with van der Waals surface area (Å²) in [5, 5.41) is 13.2. The molecule has 1 amide bonds. The van der Waals surface area contributed by atoms with E-state index in [-0.39, 0.29) is 51.7 Å². The number of anilines is 2. The normalized spacial score (nSPS) is 18.2. The molecule has 12 heteroatoms. The van der Waals surface area contributed by atoms with Gasteiger partial charge in [-0.15, -0.1) is 0 Å². The average molecular weight is 487 g/mol. The summed E-state index contributed by atoms with van der Waals surface area (Å²) in [5.41, 5.74) is 6.62. The highest BCUT2D eigenvalue weighted by Gasteiger charge is 2.25. The van der Waals surface area contributed by atoms with Crippen molar-refractivity contribution in [2.75, 3.05) is 11.1 Å². The number of rotatable bonds is 5. The monoisotopic (exact) mass is 486 g/mol. The fourth-order valence-corrected chi connectivity index (χ4v) is 4.50. The zero-order valence-electron chi connectivity index (χ0n) is 17.8. The van der Waals surface area contributed by atoms with Crippen LogP contribution >= 0.6 is 11.6 Å². The molecule has 0 spiro atoms. The van der Waals surface area contributed by atoms with Gasteiger partial charge in [0.25, 0.3) is 5.91 Å². The Bertz CT molecular complexity index is 1370. The molecule has 6 N–H and O–H groups in total. The largest absolute Gasteiger partial charge is 0.382 e. The van der Waals surface area contributed by atoms with Gasteiger partial charge in [-0.3, -0.25) is 9.89 Å². The molecule has 0 saturated heterocycles. The maximum absolute atomic E-state index is 14.6. The first kappa shape index (κ1) is 22.1. The van der Waals surface area contributed by atoms with Crippen molar-refractivity contribution in [3.63, 3.8) is 0 Å². The number of nitrogen functional groups attached to an aromatic ring is 1. The van der Waals surface area contributed by atoms with Crippen LogP contribution in [0.3, 0.4) is 0 Å². The lowest BCUT2D eigenvalue weighted by Gasteiger charge is -2.30. The Labute approximate surface area is 197 Å². The average Bonchev–Trinajstić information content (AvgIpc) is 3.42. The van der Waals surface area contributed by atoms with Crippen molar-refractivity contribution in [1.29, 1.82) is 0 Å². The third-order valence-corrected chi connectivity index (χ3v) is 6.10. The minimum absolute atomic E-state index is 0.0418. The molecule has 1 fully saturated rings. The maximum Gasteiger partial charge on any atom is 0.269 e. The summed E-state index contributed by atoms with van der Waals surface area (Å²) in [6.45, 7) is 0. The number of amides is 1. The molecule has 1 aromatic carbocycles. The van der Waals surface area contributed by atoms with E-state index in [2.05, 4.69) is 35.8 Å². The predicted molar refractivity (Wildman–Crippen MR) is 124 cm³/mol. The number of nitrogens with zero attached hydrogens (tertiary/aromatic N) is 3. The van der Waals surface area contributed by atoms with E-state index in [1.165, 1.54) is 12.1 Å². The second-order valence-electron chi connectivity index (χ2n) is 8.29. The van der Waals surface area contributed by atoms with E-state index in [0.29, 0.717) is 17.4 Å². The molecule has 0 bridgehead atoms. The summed E-state index contributed by atoms with van der Waals surface area (Å²) in [6.07, 6.45) is 5.66. The Morgan fingerprint density at radius 1 is 1.18 bits per heavy atom. The number of hydrogen-bond donors (Lipinski definition) is 5. The topological polar surface area (TPSA) is 137 Å². The zero-order chi connectivity index (χ0) is 23.8. The van der Waals surface area contributed by atoms with E-state index in [1.54, 1.807) is 12.3 Å². The molecule has 176 valence electrons. The fourth-order valence-electron chi connectivity index (χ4n) is 4.30. The van der Waals surface area contributed by atoms with Crippen LogP contribution in [-0.2, 0) is 0 Å². The molecule has 3 aromatic heterocycles. The zero-order valence-corrected chi connectivity index (χ0v) is 18.6. The lowest BCUT2D eigenvalue weighted by atomic mass is 9.91. The SMILES string of the molecule is Nc1cc(C(=O)N[C@@H]2CCC[C@H](Nc3nc(-c4c[nH]c5c(F)cc(Cl)cc45)ncc3F)C2)[nH]n1. The number of nitrogens with one attached hydrogen (secondary N) is 4. The van der Waals surface area contributed by atoms with Gasteiger partial charge >= 0.3 is 0 Å². The van der Waals surface area contributed by atoms with Crippen LogP contribution in [0.4, 0.5) is 20.4 Å². The molecule has 5 rings (SSSR count). The van der Waals surface area contributed by atoms with Crippen LogP contribution in [-0.4, -0.2) is 43.1 Å². The summed E-state index contributed by atoms with van der Waals surface area (Å²) >= 11 is 6.01. The number of fused-ring (bicyclic) bond motifs is 1. The number of carbonyl (C=O) groups excluding carboxylic acids is 1. The van der Waals surface area contributed by atoms with E-state index in [1.807, 2.05) is 0 Å². The fraction of sp³-hybridized carbons (Fsp3) is 0.273. The Balaban J connectivity index is 1.33. The van der Waals surface area contributed by atoms with Gasteiger partial charge in [-0.2, -0.15) is 5.10 Å². The summed E-state index contributed by atoms with van der Waals surface area (Å²) < 4.78 is 28.8. The van der Waals surface area contributed by atoms with Crippen LogP contribution in [0.2, 0.25) is 5.02 Å². The lowest BCUT2D eigenvalue weighted by Crippen LogP contribution is -2.42. The Hall–Kier alpha value is -3.73. The van der Waals surface area contributed by atoms with E-state index in [9.17, 15) is 13.6 Å². The molecule has 34 heavy (non-hydrogen) atoms. The molecular formula is C22H21ClF2N8O. The first-order valence-corrected chi connectivity index (χ1v) is 11.1. The minimum Gasteiger partial charge on any atom is -0.382 e. The Kier molecular flexibility index (Phi) is 5.78. The summed E-state index contributed by atoms with van der Waals surface area (Å²) in [6, 6.07) is 4.06. The number of carbonyl (C=O) groups is 1. The molecule has 3 heterocycles. The summed E-state index contributed by atoms with van der Waals surface area (Å²) in [7, 11) is 0. The highest BCUT2D eigenvalue weighted by molar-refractivity contribution is 6.31. The molecule has 0 aliphatic heterocycles. The standard InChI is InChI=1S/C22H21ClF2N8O/c23-10-4-13-14(8-27-19(13)15(24)5-10)20-28-9-16(25)21(31-20)29-11-2-1-3-12(6-11)30-22(34)17-7-18(26)33-32-17/h4-5,7-9,11-12,27H,1-3,6H2,(H,30,34)(H3,26,32,33)(H,28,29,31)/t11-,12+/m0/s1. The molecule has 9 nitrogen and oxygen atoms in total. The molecule has 1 saturated carbocycles. The maximum atomic E-state index is 14.6. The molecule has 0 unspecified atom stereocenters. The number of H-pyrrole nitrogens is 2. The van der Waals surface area contributed by atoms with Crippen LogP contribution in [0.5, 0.6) is 0 Å². The van der Waals surface area contributed by atoms with E-state index in [0.717, 1.165) is 25.5 Å². The predicted octanol–water partition coefficient (Wildman–Crippen LogP) is 4.01. The third-order valence-electron chi connectivity index (χ3n) is 5.88. The summed E-state index contributed by atoms with van der Waals surface area (Å²) in [5.74, 6) is -0.886. The van der Waals surface area contributed by atoms with Crippen LogP contribution in [0, 0.1) is 11.6 Å². The van der Waals surface area contributed by atoms with Gasteiger partial charge < -0.3 is 21.4 Å². The van der Waals surface area contributed by atoms with Crippen molar-refractivity contribution in [2.24, 2.45) is 0 Å². The van der Waals surface area contributed by atoms with Gasteiger partial charge in [0, 0.05) is 40.3 Å². The van der Waals surface area contributed by atoms with E-state index < -0.39 is 11.6 Å². The third kappa shape index (κ3) is 4.38. The van der Waals surface area contributed by atoms with Crippen LogP contribution in [0.25, 0.3) is 22.3 Å². The Morgan fingerprint density at radius 2 is 2.00 bits per heavy atom. The van der Waals surface area contributed by atoms with Gasteiger partial charge in [0.15, 0.2) is 17.5 Å². The second-order valence-corrected chi connectivity index (χ2v) is 8.72. The van der Waals surface area contributed by atoms with Crippen LogP contribution in [0.15, 0.2) is 30.6 Å².